The van der Waals surface area contributed by atoms with Gasteiger partial charge in [0.15, 0.2) is 5.75 Å². The molecule has 0 amide bonds. The number of piperidine rings is 1. The van der Waals surface area contributed by atoms with E-state index >= 15 is 0 Å². The molecule has 0 spiro atoms. The number of aromatic nitrogens is 1. The molecule has 1 unspecified atom stereocenters. The zero-order valence-electron chi connectivity index (χ0n) is 16.1. The van der Waals surface area contributed by atoms with Crippen molar-refractivity contribution in [3.05, 3.63) is 34.1 Å². The lowest BCUT2D eigenvalue weighted by Crippen LogP contribution is -2.27. The molecule has 1 aromatic carbocycles. The first-order chi connectivity index (χ1) is 13.8. The number of pyridine rings is 1. The standard InChI is InChI=1S/C20H21N3O6.ClH/c1-8-7-28-13-4-9(23-5-11-12(6-23)15(11)21)2-3-10(13)16-14(8)17(24)18(19(25)22-16)29-20(26)27;/h2-4,8,11-12,15H,5-7,21H2,1H3,(H,26,27)(H2,22,24,25);1H/t8?,11-,12+,15+;. The summed E-state index contributed by atoms with van der Waals surface area (Å²) in [5, 5.41) is 19.4. The van der Waals surface area contributed by atoms with Crippen LogP contribution in [-0.4, -0.2) is 47.1 Å². The highest BCUT2D eigenvalue weighted by atomic mass is 35.5. The summed E-state index contributed by atoms with van der Waals surface area (Å²) in [6, 6.07) is 6.05. The predicted octanol–water partition coefficient (Wildman–Crippen LogP) is 2.12. The first-order valence-electron chi connectivity index (χ1n) is 9.52. The number of nitrogens with zero attached hydrogens (tertiary/aromatic N) is 1. The van der Waals surface area contributed by atoms with E-state index in [9.17, 15) is 14.7 Å². The number of aromatic hydroxyl groups is 1. The Kier molecular flexibility index (Phi) is 4.82. The molecule has 5 rings (SSSR count). The van der Waals surface area contributed by atoms with Gasteiger partial charge in [0.25, 0.3) is 5.56 Å². The second-order valence-corrected chi connectivity index (χ2v) is 7.99. The number of halogens is 1. The van der Waals surface area contributed by atoms with Crippen molar-refractivity contribution >= 4 is 24.2 Å². The minimum Gasteiger partial charge on any atom is -0.504 e. The number of H-pyrrole nitrogens is 1. The molecular weight excluding hydrogens is 414 g/mol. The molecule has 1 saturated heterocycles. The topological polar surface area (TPSA) is 138 Å². The van der Waals surface area contributed by atoms with Gasteiger partial charge in [-0.15, -0.1) is 12.4 Å². The van der Waals surface area contributed by atoms with E-state index in [1.54, 1.807) is 0 Å². The van der Waals surface area contributed by atoms with Crippen LogP contribution in [-0.2, 0) is 0 Å². The van der Waals surface area contributed by atoms with Crippen molar-refractivity contribution in [2.45, 2.75) is 18.9 Å². The zero-order valence-corrected chi connectivity index (χ0v) is 16.9. The van der Waals surface area contributed by atoms with Crippen LogP contribution in [0.1, 0.15) is 18.4 Å². The van der Waals surface area contributed by atoms with Crippen LogP contribution in [0.15, 0.2) is 23.0 Å². The van der Waals surface area contributed by atoms with E-state index in [4.69, 9.17) is 15.6 Å². The number of aromatic amines is 1. The van der Waals surface area contributed by atoms with Crippen LogP contribution in [0.3, 0.4) is 0 Å². The fraction of sp³-hybridized carbons (Fsp3) is 0.400. The summed E-state index contributed by atoms with van der Waals surface area (Å²) < 4.78 is 10.5. The molecule has 2 aromatic rings. The first kappa shape index (κ1) is 20.4. The molecule has 1 aromatic heterocycles. The average molecular weight is 436 g/mol. The molecule has 0 radical (unpaired) electrons. The van der Waals surface area contributed by atoms with Gasteiger partial charge >= 0.3 is 6.16 Å². The average Bonchev–Trinajstić information content (AvgIpc) is 3.11. The van der Waals surface area contributed by atoms with Gasteiger partial charge in [-0.25, -0.2) is 4.79 Å². The van der Waals surface area contributed by atoms with Gasteiger partial charge in [-0.1, -0.05) is 6.92 Å². The Labute approximate surface area is 177 Å². The lowest BCUT2D eigenvalue weighted by atomic mass is 9.95. The highest BCUT2D eigenvalue weighted by Gasteiger charge is 2.53. The lowest BCUT2D eigenvalue weighted by Gasteiger charge is -2.22. The largest absolute Gasteiger partial charge is 0.511 e. The van der Waals surface area contributed by atoms with Crippen LogP contribution in [0.25, 0.3) is 11.3 Å². The number of fused-ring (bicyclic) bond motifs is 4. The van der Waals surface area contributed by atoms with Gasteiger partial charge in [-0.05, 0) is 24.0 Å². The number of nitrogens with one attached hydrogen (secondary N) is 1. The predicted molar refractivity (Wildman–Crippen MR) is 111 cm³/mol. The quantitative estimate of drug-likeness (QED) is 0.526. The van der Waals surface area contributed by atoms with Gasteiger partial charge < -0.3 is 35.3 Å². The molecule has 2 aliphatic heterocycles. The number of carboxylic acid groups (broad SMARTS) is 1. The summed E-state index contributed by atoms with van der Waals surface area (Å²) in [6.07, 6.45) is -1.67. The molecule has 3 heterocycles. The lowest BCUT2D eigenvalue weighted by molar-refractivity contribution is 0.142. The number of carbonyl (C=O) groups is 1. The van der Waals surface area contributed by atoms with Crippen LogP contribution in [0.5, 0.6) is 17.2 Å². The summed E-state index contributed by atoms with van der Waals surface area (Å²) >= 11 is 0. The van der Waals surface area contributed by atoms with E-state index in [1.807, 2.05) is 25.1 Å². The van der Waals surface area contributed by atoms with Crippen LogP contribution in [0.2, 0.25) is 0 Å². The molecule has 0 bridgehead atoms. The number of nitrogens with two attached hydrogens (primary N) is 1. The molecule has 9 nitrogen and oxygen atoms in total. The van der Waals surface area contributed by atoms with Gasteiger partial charge in [0, 0.05) is 47.9 Å². The Morgan fingerprint density at radius 3 is 2.70 bits per heavy atom. The molecule has 5 N–H and O–H groups in total. The van der Waals surface area contributed by atoms with Crippen molar-refractivity contribution in [3.63, 3.8) is 0 Å². The maximum atomic E-state index is 12.4. The van der Waals surface area contributed by atoms with Crippen molar-refractivity contribution < 1.29 is 24.5 Å². The van der Waals surface area contributed by atoms with Crippen molar-refractivity contribution in [2.24, 2.45) is 17.6 Å². The smallest absolute Gasteiger partial charge is 0.504 e. The van der Waals surface area contributed by atoms with Crippen LogP contribution < -0.4 is 25.7 Å². The van der Waals surface area contributed by atoms with E-state index < -0.39 is 23.2 Å². The summed E-state index contributed by atoms with van der Waals surface area (Å²) in [6.45, 7) is 3.92. The molecule has 1 aliphatic carbocycles. The highest BCUT2D eigenvalue weighted by Crippen LogP contribution is 2.48. The second kappa shape index (κ2) is 7.10. The van der Waals surface area contributed by atoms with Crippen molar-refractivity contribution in [1.82, 2.24) is 4.98 Å². The third-order valence-electron chi connectivity index (χ3n) is 6.22. The normalized spacial score (nSPS) is 25.7. The maximum Gasteiger partial charge on any atom is 0.511 e. The first-order valence-corrected chi connectivity index (χ1v) is 9.52. The summed E-state index contributed by atoms with van der Waals surface area (Å²) in [5.74, 6) is 0.294. The number of hydrogen-bond donors (Lipinski definition) is 4. The van der Waals surface area contributed by atoms with E-state index in [-0.39, 0.29) is 24.9 Å². The molecule has 4 atom stereocenters. The second-order valence-electron chi connectivity index (χ2n) is 7.99. The van der Waals surface area contributed by atoms with Crippen LogP contribution in [0.4, 0.5) is 10.5 Å². The molecule has 1 saturated carbocycles. The number of anilines is 1. The van der Waals surface area contributed by atoms with Crippen molar-refractivity contribution in [3.8, 4) is 28.5 Å². The van der Waals surface area contributed by atoms with Crippen molar-refractivity contribution in [1.29, 1.82) is 0 Å². The SMILES string of the molecule is CC1COc2cc(N3C[C@@H]4[C@@H](N)[C@@H]4C3)ccc2-c2[nH]c(=O)c(OC(=O)O)c(O)c21.Cl. The summed E-state index contributed by atoms with van der Waals surface area (Å²) in [5.41, 5.74) is 7.66. The Balaban J connectivity index is 0.00000218. The third kappa shape index (κ3) is 3.05. The minimum atomic E-state index is -1.67. The number of rotatable bonds is 2. The number of benzene rings is 1. The summed E-state index contributed by atoms with van der Waals surface area (Å²) in [7, 11) is 0. The Hall–Kier alpha value is -2.91. The van der Waals surface area contributed by atoms with Gasteiger partial charge in [0.05, 0.1) is 12.3 Å². The Bertz CT molecular complexity index is 1070. The van der Waals surface area contributed by atoms with Crippen LogP contribution >= 0.6 is 12.4 Å². The van der Waals surface area contributed by atoms with Gasteiger partial charge in [-0.2, -0.15) is 0 Å². The minimum absolute atomic E-state index is 0. The van der Waals surface area contributed by atoms with E-state index in [0.29, 0.717) is 40.4 Å². The molecular formula is C20H22ClN3O6. The van der Waals surface area contributed by atoms with Gasteiger partial charge in [0.2, 0.25) is 5.75 Å². The molecule has 2 fully saturated rings. The highest BCUT2D eigenvalue weighted by molar-refractivity contribution is 5.85. The fourth-order valence-electron chi connectivity index (χ4n) is 4.58. The monoisotopic (exact) mass is 435 g/mol. The van der Waals surface area contributed by atoms with Gasteiger partial charge in [-0.3, -0.25) is 4.79 Å². The molecule has 160 valence electrons. The van der Waals surface area contributed by atoms with Crippen LogP contribution in [0, 0.1) is 11.8 Å². The maximum absolute atomic E-state index is 12.4. The van der Waals surface area contributed by atoms with Crippen molar-refractivity contribution in [2.75, 3.05) is 24.6 Å². The Morgan fingerprint density at radius 2 is 2.03 bits per heavy atom. The number of hydrogen-bond acceptors (Lipinski definition) is 7. The van der Waals surface area contributed by atoms with E-state index in [2.05, 4.69) is 14.6 Å². The molecule has 30 heavy (non-hydrogen) atoms. The molecule has 3 aliphatic rings. The zero-order chi connectivity index (χ0) is 20.4. The van der Waals surface area contributed by atoms with E-state index in [1.165, 1.54) is 0 Å². The third-order valence-corrected chi connectivity index (χ3v) is 6.22. The Morgan fingerprint density at radius 1 is 1.33 bits per heavy atom. The van der Waals surface area contributed by atoms with Gasteiger partial charge in [0.1, 0.15) is 5.75 Å². The fourth-order valence-corrected chi connectivity index (χ4v) is 4.58. The molecule has 10 heteroatoms. The summed E-state index contributed by atoms with van der Waals surface area (Å²) in [4.78, 5) is 28.2. The number of ether oxygens (including phenoxy) is 2. The van der Waals surface area contributed by atoms with E-state index in [0.717, 1.165) is 18.8 Å².